The van der Waals surface area contributed by atoms with Crippen LogP contribution < -0.4 is 4.74 Å². The summed E-state index contributed by atoms with van der Waals surface area (Å²) in [6.07, 6.45) is 14.2. The first-order valence-corrected chi connectivity index (χ1v) is 9.53. The van der Waals surface area contributed by atoms with Crippen molar-refractivity contribution in [3.05, 3.63) is 54.0 Å². The van der Waals surface area contributed by atoms with E-state index in [-0.39, 0.29) is 6.42 Å². The summed E-state index contributed by atoms with van der Waals surface area (Å²) < 4.78 is 4.96. The summed E-state index contributed by atoms with van der Waals surface area (Å²) in [6.45, 7) is 8.19. The fourth-order valence-corrected chi connectivity index (χ4v) is 2.10. The van der Waals surface area contributed by atoms with Gasteiger partial charge in [0.15, 0.2) is 0 Å². The topological polar surface area (TPSA) is 98.1 Å². The van der Waals surface area contributed by atoms with Crippen molar-refractivity contribution in [3.63, 3.8) is 0 Å². The van der Waals surface area contributed by atoms with Crippen LogP contribution in [0.25, 0.3) is 0 Å². The van der Waals surface area contributed by atoms with Gasteiger partial charge in [-0.05, 0) is 25.7 Å². The van der Waals surface area contributed by atoms with Crippen LogP contribution in [0.15, 0.2) is 36.9 Å². The fraction of sp³-hybridized carbons (Fsp3) is 0.476. The molecular formula is C21H32N4O3. The Bertz CT molecular complexity index is 612. The first-order valence-electron chi connectivity index (χ1n) is 9.53. The van der Waals surface area contributed by atoms with Gasteiger partial charge < -0.3 is 9.84 Å². The number of nitrogens with zero attached hydrogens (tertiary/aromatic N) is 4. The summed E-state index contributed by atoms with van der Waals surface area (Å²) in [5.41, 5.74) is 3.17. The van der Waals surface area contributed by atoms with Crippen molar-refractivity contribution in [2.45, 2.75) is 59.8 Å². The number of carboxylic acid groups (broad SMARTS) is 1. The molecule has 0 radical (unpaired) electrons. The summed E-state index contributed by atoms with van der Waals surface area (Å²) in [5.74, 6) is -0.139. The van der Waals surface area contributed by atoms with Crippen LogP contribution in [0.3, 0.4) is 0 Å². The van der Waals surface area contributed by atoms with E-state index in [2.05, 4.69) is 33.8 Å². The lowest BCUT2D eigenvalue weighted by Crippen LogP contribution is -1.96. The largest absolute Gasteiger partial charge is 0.481 e. The molecule has 7 nitrogen and oxygen atoms in total. The molecule has 0 saturated heterocycles. The SMILES string of the molecule is CC/C=C/CC(=O)O.CCc1nccnc1CC.CCc1nccnc1OC. The highest BCUT2D eigenvalue weighted by molar-refractivity contribution is 5.68. The lowest BCUT2D eigenvalue weighted by molar-refractivity contribution is -0.136. The van der Waals surface area contributed by atoms with Crippen molar-refractivity contribution in [2.24, 2.45) is 0 Å². The van der Waals surface area contributed by atoms with Gasteiger partial charge in [0.05, 0.1) is 24.9 Å². The van der Waals surface area contributed by atoms with E-state index < -0.39 is 5.97 Å². The van der Waals surface area contributed by atoms with E-state index in [1.165, 1.54) is 0 Å². The van der Waals surface area contributed by atoms with Gasteiger partial charge in [-0.15, -0.1) is 0 Å². The molecule has 2 rings (SSSR count). The highest BCUT2D eigenvalue weighted by Crippen LogP contribution is 2.09. The van der Waals surface area contributed by atoms with Gasteiger partial charge in [0.1, 0.15) is 5.69 Å². The summed E-state index contributed by atoms with van der Waals surface area (Å²) in [7, 11) is 1.60. The van der Waals surface area contributed by atoms with Gasteiger partial charge in [-0.1, -0.05) is 39.8 Å². The molecule has 2 aromatic heterocycles. The third-order valence-electron chi connectivity index (χ3n) is 3.49. The number of rotatable bonds is 7. The van der Waals surface area contributed by atoms with E-state index in [9.17, 15) is 4.79 Å². The van der Waals surface area contributed by atoms with E-state index in [0.717, 1.165) is 42.8 Å². The number of aliphatic carboxylic acids is 1. The molecule has 0 bridgehead atoms. The summed E-state index contributed by atoms with van der Waals surface area (Å²) in [4.78, 5) is 26.3. The molecule has 0 aliphatic heterocycles. The summed E-state index contributed by atoms with van der Waals surface area (Å²) >= 11 is 0. The Kier molecular flexibility index (Phi) is 14.7. The first-order chi connectivity index (χ1) is 13.5. The van der Waals surface area contributed by atoms with Gasteiger partial charge in [-0.25, -0.2) is 4.98 Å². The lowest BCUT2D eigenvalue weighted by atomic mass is 10.2. The lowest BCUT2D eigenvalue weighted by Gasteiger charge is -2.01. The first kappa shape index (κ1) is 25.2. The van der Waals surface area contributed by atoms with Crippen molar-refractivity contribution in [1.29, 1.82) is 0 Å². The Labute approximate surface area is 168 Å². The number of hydrogen-bond acceptors (Lipinski definition) is 6. The second-order valence-corrected chi connectivity index (χ2v) is 5.50. The minimum Gasteiger partial charge on any atom is -0.481 e. The molecule has 0 spiro atoms. The zero-order valence-corrected chi connectivity index (χ0v) is 17.6. The van der Waals surface area contributed by atoms with Crippen LogP contribution in [0.5, 0.6) is 5.88 Å². The third kappa shape index (κ3) is 11.0. The van der Waals surface area contributed by atoms with Crippen molar-refractivity contribution >= 4 is 5.97 Å². The van der Waals surface area contributed by atoms with Crippen LogP contribution >= 0.6 is 0 Å². The zero-order chi connectivity index (χ0) is 21.2. The minimum atomic E-state index is -0.769. The minimum absolute atomic E-state index is 0.147. The number of allylic oxidation sites excluding steroid dienone is 1. The molecule has 0 aliphatic rings. The fourth-order valence-electron chi connectivity index (χ4n) is 2.10. The quantitative estimate of drug-likeness (QED) is 0.714. The Morgan fingerprint density at radius 1 is 0.857 bits per heavy atom. The molecule has 0 fully saturated rings. The van der Waals surface area contributed by atoms with Crippen LogP contribution in [0.2, 0.25) is 0 Å². The highest BCUT2D eigenvalue weighted by atomic mass is 16.5. The van der Waals surface area contributed by atoms with Crippen LogP contribution in [0.4, 0.5) is 0 Å². The molecule has 2 aromatic rings. The van der Waals surface area contributed by atoms with Crippen molar-refractivity contribution in [3.8, 4) is 5.88 Å². The number of carboxylic acids is 1. The summed E-state index contributed by atoms with van der Waals surface area (Å²) in [5, 5.41) is 8.09. The Balaban J connectivity index is 0.000000394. The Morgan fingerprint density at radius 2 is 1.32 bits per heavy atom. The molecule has 0 aliphatic carbocycles. The molecule has 2 heterocycles. The highest BCUT2D eigenvalue weighted by Gasteiger charge is 1.99. The maximum atomic E-state index is 9.82. The average Bonchev–Trinajstić information content (AvgIpc) is 2.74. The summed E-state index contributed by atoms with van der Waals surface area (Å²) in [6, 6.07) is 0. The number of aromatic nitrogens is 4. The third-order valence-corrected chi connectivity index (χ3v) is 3.49. The molecular weight excluding hydrogens is 356 g/mol. The second kappa shape index (κ2) is 16.4. The predicted octanol–water partition coefficient (Wildman–Crippen LogP) is 4.08. The standard InChI is InChI=1S/C8H12N2.C7H10N2O.C6H10O2/c1-3-7-8(4-2)10-6-5-9-7;1-3-6-7(10-2)9-5-4-8-6;1-2-3-4-5-6(7)8/h5-6H,3-4H2,1-2H3;4-5H,3H2,1-2H3;3-4H,2,5H2,1H3,(H,7,8)/b;;4-3+. The molecule has 0 atom stereocenters. The number of hydrogen-bond donors (Lipinski definition) is 1. The zero-order valence-electron chi connectivity index (χ0n) is 17.6. The van der Waals surface area contributed by atoms with Gasteiger partial charge in [0, 0.05) is 24.8 Å². The van der Waals surface area contributed by atoms with E-state index in [0.29, 0.717) is 5.88 Å². The Morgan fingerprint density at radius 3 is 1.68 bits per heavy atom. The van der Waals surface area contributed by atoms with Gasteiger partial charge in [0.25, 0.3) is 0 Å². The van der Waals surface area contributed by atoms with Gasteiger partial charge >= 0.3 is 5.97 Å². The monoisotopic (exact) mass is 388 g/mol. The van der Waals surface area contributed by atoms with Crippen LogP contribution in [0, 0.1) is 0 Å². The molecule has 1 N–H and O–H groups in total. The molecule has 0 amide bonds. The van der Waals surface area contributed by atoms with Gasteiger partial charge in [-0.2, -0.15) is 0 Å². The molecule has 0 saturated carbocycles. The van der Waals surface area contributed by atoms with E-state index in [4.69, 9.17) is 9.84 Å². The number of carbonyl (C=O) groups is 1. The normalized spacial score (nSPS) is 9.75. The van der Waals surface area contributed by atoms with Gasteiger partial charge in [0.2, 0.25) is 5.88 Å². The van der Waals surface area contributed by atoms with E-state index >= 15 is 0 Å². The number of ether oxygens (including phenoxy) is 1. The van der Waals surface area contributed by atoms with Crippen LogP contribution in [-0.4, -0.2) is 38.1 Å². The molecule has 7 heteroatoms. The predicted molar refractivity (Wildman–Crippen MR) is 110 cm³/mol. The van der Waals surface area contributed by atoms with Crippen LogP contribution in [0.1, 0.15) is 57.6 Å². The maximum Gasteiger partial charge on any atom is 0.307 e. The molecule has 154 valence electrons. The maximum absolute atomic E-state index is 9.82. The molecule has 0 aromatic carbocycles. The van der Waals surface area contributed by atoms with E-state index in [1.807, 2.05) is 19.9 Å². The Hall–Kier alpha value is -2.83. The average molecular weight is 389 g/mol. The number of methoxy groups -OCH3 is 1. The van der Waals surface area contributed by atoms with Crippen molar-refractivity contribution < 1.29 is 14.6 Å². The van der Waals surface area contributed by atoms with Crippen molar-refractivity contribution in [2.75, 3.05) is 7.11 Å². The molecule has 0 unspecified atom stereocenters. The van der Waals surface area contributed by atoms with E-state index in [1.54, 1.807) is 38.0 Å². The second-order valence-electron chi connectivity index (χ2n) is 5.50. The van der Waals surface area contributed by atoms with Gasteiger partial charge in [-0.3, -0.25) is 19.7 Å². The van der Waals surface area contributed by atoms with Crippen LogP contribution in [-0.2, 0) is 24.1 Å². The smallest absolute Gasteiger partial charge is 0.307 e. The molecule has 28 heavy (non-hydrogen) atoms. The van der Waals surface area contributed by atoms with Crippen molar-refractivity contribution in [1.82, 2.24) is 19.9 Å². The number of aryl methyl sites for hydroxylation is 3.